The first-order valence-electron chi connectivity index (χ1n) is 9.15. The number of halogens is 1. The summed E-state index contributed by atoms with van der Waals surface area (Å²) >= 11 is 7.74. The first-order chi connectivity index (χ1) is 12.5. The van der Waals surface area contributed by atoms with Crippen LogP contribution in [0.2, 0.25) is 5.28 Å². The van der Waals surface area contributed by atoms with E-state index in [-0.39, 0.29) is 5.91 Å². The van der Waals surface area contributed by atoms with Crippen molar-refractivity contribution in [3.8, 4) is 0 Å². The van der Waals surface area contributed by atoms with Gasteiger partial charge in [0.15, 0.2) is 0 Å². The molecule has 0 aromatic carbocycles. The molecule has 2 aromatic heterocycles. The van der Waals surface area contributed by atoms with Crippen LogP contribution < -0.4 is 0 Å². The molecule has 26 heavy (non-hydrogen) atoms. The van der Waals surface area contributed by atoms with Gasteiger partial charge in [0, 0.05) is 33.1 Å². The lowest BCUT2D eigenvalue weighted by Gasteiger charge is -2.34. The highest BCUT2D eigenvalue weighted by molar-refractivity contribution is 7.07. The van der Waals surface area contributed by atoms with Crippen LogP contribution in [-0.4, -0.2) is 44.4 Å². The highest BCUT2D eigenvalue weighted by Crippen LogP contribution is 2.57. The average Bonchev–Trinajstić information content (AvgIpc) is 2.94. The number of aromatic nitrogens is 2. The standard InChI is InChI=1S/C19H25ClN4OS/c1-14(25)24(11-15-3-8-26-13-15)17-9-19(17)4-6-23(7-5-19)12-16-10-21-18(20)22(16)2/h3,8,10,13,17H,4-7,9,11-12H2,1-2H3. The Bertz CT molecular complexity index is 780. The van der Waals surface area contributed by atoms with Gasteiger partial charge in [0.2, 0.25) is 11.2 Å². The molecule has 0 N–H and O–H groups in total. The van der Waals surface area contributed by atoms with Gasteiger partial charge >= 0.3 is 0 Å². The summed E-state index contributed by atoms with van der Waals surface area (Å²) in [6, 6.07) is 2.53. The number of amides is 1. The number of thiophene rings is 1. The van der Waals surface area contributed by atoms with Crippen LogP contribution in [0.3, 0.4) is 0 Å². The predicted octanol–water partition coefficient (Wildman–Crippen LogP) is 3.54. The van der Waals surface area contributed by atoms with Crippen molar-refractivity contribution in [2.24, 2.45) is 12.5 Å². The molecule has 0 bridgehead atoms. The van der Waals surface area contributed by atoms with Gasteiger partial charge in [-0.3, -0.25) is 9.69 Å². The Morgan fingerprint density at radius 2 is 2.23 bits per heavy atom. The molecule has 140 valence electrons. The summed E-state index contributed by atoms with van der Waals surface area (Å²) in [5.41, 5.74) is 2.74. The Morgan fingerprint density at radius 1 is 1.46 bits per heavy atom. The summed E-state index contributed by atoms with van der Waals surface area (Å²) in [7, 11) is 1.96. The molecule has 3 heterocycles. The van der Waals surface area contributed by atoms with E-state index in [1.165, 1.54) is 5.56 Å². The molecular weight excluding hydrogens is 368 g/mol. The van der Waals surface area contributed by atoms with Gasteiger partial charge in [-0.1, -0.05) is 0 Å². The molecule has 1 aliphatic carbocycles. The van der Waals surface area contributed by atoms with Crippen molar-refractivity contribution in [1.82, 2.24) is 19.4 Å². The normalized spacial score (nSPS) is 21.9. The zero-order valence-electron chi connectivity index (χ0n) is 15.3. The lowest BCUT2D eigenvalue weighted by molar-refractivity contribution is -0.130. The van der Waals surface area contributed by atoms with Crippen molar-refractivity contribution >= 4 is 28.8 Å². The first-order valence-corrected chi connectivity index (χ1v) is 10.5. The summed E-state index contributed by atoms with van der Waals surface area (Å²) in [5, 5.41) is 4.77. The first kappa shape index (κ1) is 18.0. The van der Waals surface area contributed by atoms with Gasteiger partial charge in [0.1, 0.15) is 0 Å². The third-order valence-corrected chi connectivity index (χ3v) is 7.21. The van der Waals surface area contributed by atoms with Crippen LogP contribution in [-0.2, 0) is 24.9 Å². The zero-order valence-corrected chi connectivity index (χ0v) is 16.9. The molecule has 7 heteroatoms. The van der Waals surface area contributed by atoms with E-state index in [0.29, 0.717) is 16.7 Å². The lowest BCUT2D eigenvalue weighted by Crippen LogP contribution is -2.40. The molecule has 0 radical (unpaired) electrons. The second-order valence-electron chi connectivity index (χ2n) is 7.71. The highest BCUT2D eigenvalue weighted by Gasteiger charge is 2.58. The summed E-state index contributed by atoms with van der Waals surface area (Å²) in [5.74, 6) is 0.199. The van der Waals surface area contributed by atoms with E-state index < -0.39 is 0 Å². The lowest BCUT2D eigenvalue weighted by atomic mass is 9.92. The topological polar surface area (TPSA) is 41.4 Å². The Morgan fingerprint density at radius 3 is 2.81 bits per heavy atom. The fourth-order valence-corrected chi connectivity index (χ4v) is 5.09. The van der Waals surface area contributed by atoms with E-state index in [2.05, 4.69) is 31.6 Å². The number of imidazole rings is 1. The van der Waals surface area contributed by atoms with Crippen LogP contribution in [0.1, 0.15) is 37.4 Å². The summed E-state index contributed by atoms with van der Waals surface area (Å²) < 4.78 is 1.95. The number of carbonyl (C=O) groups is 1. The van der Waals surface area contributed by atoms with E-state index in [0.717, 1.165) is 51.1 Å². The molecule has 4 rings (SSSR count). The van der Waals surface area contributed by atoms with Crippen molar-refractivity contribution < 1.29 is 4.79 Å². The number of piperidine rings is 1. The number of hydrogen-bond donors (Lipinski definition) is 0. The van der Waals surface area contributed by atoms with Crippen LogP contribution in [0.4, 0.5) is 0 Å². The summed E-state index contributed by atoms with van der Waals surface area (Å²) in [4.78, 5) is 21.0. The molecule has 1 atom stereocenters. The van der Waals surface area contributed by atoms with Crippen LogP contribution in [0.15, 0.2) is 23.0 Å². The molecule has 5 nitrogen and oxygen atoms in total. The Labute approximate surface area is 163 Å². The van der Waals surface area contributed by atoms with Crippen molar-refractivity contribution in [1.29, 1.82) is 0 Å². The quantitative estimate of drug-likeness (QED) is 0.781. The van der Waals surface area contributed by atoms with Crippen LogP contribution in [0.5, 0.6) is 0 Å². The van der Waals surface area contributed by atoms with Gasteiger partial charge in [-0.05, 0) is 71.8 Å². The minimum absolute atomic E-state index is 0.199. The zero-order chi connectivity index (χ0) is 18.3. The molecule has 1 unspecified atom stereocenters. The fraction of sp³-hybridized carbons (Fsp3) is 0.579. The van der Waals surface area contributed by atoms with Gasteiger partial charge < -0.3 is 9.47 Å². The van der Waals surface area contributed by atoms with Crippen LogP contribution in [0, 0.1) is 5.41 Å². The number of hydrogen-bond acceptors (Lipinski definition) is 4. The molecule has 1 spiro atoms. The summed E-state index contributed by atoms with van der Waals surface area (Å²) in [6.45, 7) is 5.50. The van der Waals surface area contributed by atoms with E-state index in [1.807, 2.05) is 17.8 Å². The van der Waals surface area contributed by atoms with Crippen molar-refractivity contribution in [3.63, 3.8) is 0 Å². The monoisotopic (exact) mass is 392 g/mol. The Balaban J connectivity index is 1.35. The molecule has 1 saturated heterocycles. The van der Waals surface area contributed by atoms with Gasteiger partial charge in [-0.25, -0.2) is 4.98 Å². The smallest absolute Gasteiger partial charge is 0.220 e. The maximum absolute atomic E-state index is 12.2. The van der Waals surface area contributed by atoms with Crippen LogP contribution in [0.25, 0.3) is 0 Å². The van der Waals surface area contributed by atoms with E-state index in [1.54, 1.807) is 18.3 Å². The van der Waals surface area contributed by atoms with E-state index >= 15 is 0 Å². The van der Waals surface area contributed by atoms with E-state index in [4.69, 9.17) is 11.6 Å². The average molecular weight is 393 g/mol. The molecular formula is C19H25ClN4OS. The largest absolute Gasteiger partial charge is 0.335 e. The molecule has 2 aliphatic rings. The minimum atomic E-state index is 0.199. The predicted molar refractivity (Wildman–Crippen MR) is 104 cm³/mol. The molecule has 1 saturated carbocycles. The third kappa shape index (κ3) is 3.42. The highest BCUT2D eigenvalue weighted by atomic mass is 35.5. The SMILES string of the molecule is CC(=O)N(Cc1ccsc1)C1CC12CCN(Cc1cnc(Cl)n1C)CC2. The second kappa shape index (κ2) is 6.98. The Kier molecular flexibility index (Phi) is 4.84. The molecule has 1 aliphatic heterocycles. The molecule has 1 amide bonds. The maximum atomic E-state index is 12.2. The molecule has 2 aromatic rings. The number of likely N-dealkylation sites (tertiary alicyclic amines) is 1. The summed E-state index contributed by atoms with van der Waals surface area (Å²) in [6.07, 6.45) is 5.35. The van der Waals surface area contributed by atoms with Gasteiger partial charge in [0.05, 0.1) is 11.9 Å². The van der Waals surface area contributed by atoms with Crippen molar-refractivity contribution in [2.75, 3.05) is 13.1 Å². The number of carbonyl (C=O) groups excluding carboxylic acids is 1. The number of rotatable bonds is 5. The molecule has 2 fully saturated rings. The van der Waals surface area contributed by atoms with Crippen LogP contribution >= 0.6 is 22.9 Å². The minimum Gasteiger partial charge on any atom is -0.335 e. The second-order valence-corrected chi connectivity index (χ2v) is 8.83. The van der Waals surface area contributed by atoms with E-state index in [9.17, 15) is 4.79 Å². The van der Waals surface area contributed by atoms with Crippen molar-refractivity contribution in [2.45, 2.75) is 45.3 Å². The number of nitrogens with zero attached hydrogens (tertiary/aromatic N) is 4. The Hall–Kier alpha value is -1.37. The van der Waals surface area contributed by atoms with Gasteiger partial charge in [-0.15, -0.1) is 0 Å². The van der Waals surface area contributed by atoms with Gasteiger partial charge in [-0.2, -0.15) is 11.3 Å². The third-order valence-electron chi connectivity index (χ3n) is 6.13. The van der Waals surface area contributed by atoms with Crippen molar-refractivity contribution in [3.05, 3.63) is 39.6 Å². The van der Waals surface area contributed by atoms with Gasteiger partial charge in [0.25, 0.3) is 0 Å². The maximum Gasteiger partial charge on any atom is 0.220 e. The fourth-order valence-electron chi connectivity index (χ4n) is 4.28.